The third-order valence-electron chi connectivity index (χ3n) is 6.44. The van der Waals surface area contributed by atoms with Gasteiger partial charge in [0.1, 0.15) is 28.0 Å². The van der Waals surface area contributed by atoms with E-state index in [-0.39, 0.29) is 20.9 Å². The van der Waals surface area contributed by atoms with Gasteiger partial charge in [-0.3, -0.25) is 14.5 Å². The van der Waals surface area contributed by atoms with E-state index in [1.165, 1.54) is 18.7 Å². The highest BCUT2D eigenvalue weighted by molar-refractivity contribution is 8.00. The van der Waals surface area contributed by atoms with Crippen molar-refractivity contribution in [2.24, 2.45) is 5.16 Å². The van der Waals surface area contributed by atoms with Crippen LogP contribution in [-0.2, 0) is 24.0 Å². The summed E-state index contributed by atoms with van der Waals surface area (Å²) in [5, 5.41) is 26.6. The smallest absolute Gasteiger partial charge is 0.347 e. The minimum Gasteiger partial charge on any atom is -0.543 e. The normalized spacial score (nSPS) is 23.8. The zero-order chi connectivity index (χ0) is 27.1. The summed E-state index contributed by atoms with van der Waals surface area (Å²) in [6.07, 6.45) is 0.733. The maximum Gasteiger partial charge on any atom is 0.347 e. The van der Waals surface area contributed by atoms with E-state index >= 15 is 0 Å². The van der Waals surface area contributed by atoms with E-state index in [9.17, 15) is 24.3 Å². The van der Waals surface area contributed by atoms with E-state index in [0.29, 0.717) is 22.4 Å². The first-order valence-electron chi connectivity index (χ1n) is 11.3. The Kier molecular flexibility index (Phi) is 7.69. The summed E-state index contributed by atoms with van der Waals surface area (Å²) in [6.45, 7) is 3.57. The van der Waals surface area contributed by atoms with Crippen LogP contribution in [0.4, 0.5) is 5.13 Å². The van der Waals surface area contributed by atoms with E-state index in [0.717, 1.165) is 42.2 Å². The number of carboxylic acids is 2. The van der Waals surface area contributed by atoms with Crippen LogP contribution in [0.1, 0.15) is 25.5 Å². The Hall–Kier alpha value is -2.88. The summed E-state index contributed by atoms with van der Waals surface area (Å²) in [6, 6.07) is -1.07. The standard InChI is InChI=1S/C21H25ClN6O7S2/c1-9(19(31)32)35-26-12(11-15(22)37-21(23)25-11)16(29)24-13-17(30)27-14(20(33)34)10(8-36-18(13)27)7-28(2)5-3-4-6-28/h9,13,18H,3-8H2,1-2H3,(H4-,23,24,25,29,31,32,33,34)/b26-12+/t9-,13+,18?/m0/s1. The summed E-state index contributed by atoms with van der Waals surface area (Å²) in [7, 11) is 2.06. The number of carbonyl (C=O) groups excluding carboxylic acids is 3. The summed E-state index contributed by atoms with van der Waals surface area (Å²) in [5.74, 6) is -3.92. The number of thioether (sulfide) groups is 1. The second-order valence-electron chi connectivity index (χ2n) is 9.23. The molecule has 200 valence electrons. The van der Waals surface area contributed by atoms with E-state index < -0.39 is 47.0 Å². The second kappa shape index (κ2) is 10.5. The molecule has 0 aliphatic carbocycles. The number of nitrogens with zero attached hydrogens (tertiary/aromatic N) is 4. The van der Waals surface area contributed by atoms with Crippen LogP contribution in [0.3, 0.4) is 0 Å². The van der Waals surface area contributed by atoms with E-state index in [4.69, 9.17) is 27.3 Å². The van der Waals surface area contributed by atoms with Crippen molar-refractivity contribution in [1.82, 2.24) is 15.2 Å². The number of nitrogens with one attached hydrogen (secondary N) is 1. The van der Waals surface area contributed by atoms with Gasteiger partial charge in [0.05, 0.1) is 31.8 Å². The number of carboxylic acid groups (broad SMARTS) is 2. The van der Waals surface area contributed by atoms with Crippen molar-refractivity contribution in [3.8, 4) is 0 Å². The zero-order valence-electron chi connectivity index (χ0n) is 19.9. The monoisotopic (exact) mass is 572 g/mol. The number of hydrogen-bond donors (Lipinski definition) is 3. The number of oxime groups is 1. The molecule has 0 radical (unpaired) electrons. The van der Waals surface area contributed by atoms with Crippen LogP contribution < -0.4 is 16.2 Å². The van der Waals surface area contributed by atoms with Crippen LogP contribution in [0.15, 0.2) is 16.4 Å². The number of likely N-dealkylation sites (N-methyl/N-ethyl adjacent to an activating group) is 1. The number of carbonyl (C=O) groups is 4. The Morgan fingerprint density at radius 2 is 2.08 bits per heavy atom. The molecule has 0 spiro atoms. The quantitative estimate of drug-likeness (QED) is 0.146. The number of amides is 2. The average Bonchev–Trinajstić information content (AvgIpc) is 3.41. The lowest BCUT2D eigenvalue weighted by atomic mass is 10.0. The first-order chi connectivity index (χ1) is 17.4. The van der Waals surface area contributed by atoms with Crippen molar-refractivity contribution in [2.45, 2.75) is 37.3 Å². The van der Waals surface area contributed by atoms with Crippen molar-refractivity contribution < 1.29 is 38.7 Å². The lowest BCUT2D eigenvalue weighted by Crippen LogP contribution is -2.71. The number of anilines is 1. The van der Waals surface area contributed by atoms with Gasteiger partial charge in [-0.25, -0.2) is 9.78 Å². The van der Waals surface area contributed by atoms with Crippen molar-refractivity contribution >= 4 is 69.3 Å². The van der Waals surface area contributed by atoms with Gasteiger partial charge in [0.15, 0.2) is 10.8 Å². The van der Waals surface area contributed by atoms with Gasteiger partial charge in [0.2, 0.25) is 6.10 Å². The molecular formula is C21H25ClN6O7S2. The molecule has 1 aromatic heterocycles. The Morgan fingerprint density at radius 1 is 1.41 bits per heavy atom. The van der Waals surface area contributed by atoms with Crippen LogP contribution in [0, 0.1) is 0 Å². The summed E-state index contributed by atoms with van der Waals surface area (Å²) < 4.78 is 0.711. The van der Waals surface area contributed by atoms with Crippen molar-refractivity contribution in [1.29, 1.82) is 0 Å². The predicted octanol–water partition coefficient (Wildman–Crippen LogP) is -0.783. The van der Waals surface area contributed by atoms with E-state index in [1.807, 2.05) is 0 Å². The average molecular weight is 573 g/mol. The van der Waals surface area contributed by atoms with Gasteiger partial charge in [-0.2, -0.15) is 0 Å². The van der Waals surface area contributed by atoms with Gasteiger partial charge in [-0.05, 0) is 6.92 Å². The number of aromatic nitrogens is 1. The topological polar surface area (TPSA) is 187 Å². The highest BCUT2D eigenvalue weighted by atomic mass is 35.5. The highest BCUT2D eigenvalue weighted by Crippen LogP contribution is 2.41. The van der Waals surface area contributed by atoms with E-state index in [2.05, 4.69) is 22.5 Å². The molecule has 2 saturated heterocycles. The van der Waals surface area contributed by atoms with Crippen LogP contribution in [0.2, 0.25) is 4.34 Å². The highest BCUT2D eigenvalue weighted by Gasteiger charge is 2.54. The second-order valence-corrected chi connectivity index (χ2v) is 12.0. The molecule has 37 heavy (non-hydrogen) atoms. The molecule has 0 aromatic carbocycles. The summed E-state index contributed by atoms with van der Waals surface area (Å²) in [4.78, 5) is 59.4. The first kappa shape index (κ1) is 27.2. The number of quaternary nitrogens is 1. The van der Waals surface area contributed by atoms with Crippen molar-refractivity contribution in [2.75, 3.05) is 38.2 Å². The molecule has 3 atom stereocenters. The number of aliphatic carboxylic acids is 2. The molecule has 3 aliphatic heterocycles. The largest absolute Gasteiger partial charge is 0.543 e. The number of fused-ring (bicyclic) bond motifs is 1. The third-order valence-corrected chi connectivity index (χ3v) is 8.86. The van der Waals surface area contributed by atoms with Gasteiger partial charge < -0.3 is 35.4 Å². The molecule has 16 heteroatoms. The number of nitrogens with two attached hydrogens (primary N) is 1. The van der Waals surface area contributed by atoms with Crippen LogP contribution in [-0.4, -0.2) is 98.9 Å². The number of β-lactam (4-membered cyclic amide) rings is 1. The molecule has 2 fully saturated rings. The van der Waals surface area contributed by atoms with Crippen LogP contribution in [0.5, 0.6) is 0 Å². The number of hydrogen-bond acceptors (Lipinski definition) is 11. The third kappa shape index (κ3) is 5.39. The van der Waals surface area contributed by atoms with Gasteiger partial charge in [0, 0.05) is 24.2 Å². The maximum absolute atomic E-state index is 13.1. The zero-order valence-corrected chi connectivity index (χ0v) is 22.3. The molecule has 2 amide bonds. The molecule has 13 nitrogen and oxygen atoms in total. The fraction of sp³-hybridized carbons (Fsp3) is 0.524. The van der Waals surface area contributed by atoms with Crippen molar-refractivity contribution in [3.63, 3.8) is 0 Å². The van der Waals surface area contributed by atoms with Crippen LogP contribution >= 0.6 is 34.7 Å². The molecule has 4 heterocycles. The lowest BCUT2D eigenvalue weighted by Gasteiger charge is -2.51. The Morgan fingerprint density at radius 3 is 2.65 bits per heavy atom. The van der Waals surface area contributed by atoms with Gasteiger partial charge in [0.25, 0.3) is 11.8 Å². The van der Waals surface area contributed by atoms with Crippen molar-refractivity contribution in [3.05, 3.63) is 21.3 Å². The molecule has 1 aromatic rings. The molecule has 0 saturated carbocycles. The van der Waals surface area contributed by atoms with Gasteiger partial charge in [-0.1, -0.05) is 28.1 Å². The van der Waals surface area contributed by atoms with Gasteiger partial charge >= 0.3 is 5.97 Å². The number of thiazole rings is 1. The summed E-state index contributed by atoms with van der Waals surface area (Å²) in [5.41, 5.74) is 5.54. The molecule has 4 rings (SSSR count). The molecule has 3 aliphatic rings. The van der Waals surface area contributed by atoms with Crippen LogP contribution in [0.25, 0.3) is 0 Å². The fourth-order valence-electron chi connectivity index (χ4n) is 4.55. The minimum atomic E-state index is -1.44. The Bertz CT molecular complexity index is 1210. The maximum atomic E-state index is 13.1. The Labute approximate surface area is 224 Å². The fourth-order valence-corrected chi connectivity index (χ4v) is 6.82. The van der Waals surface area contributed by atoms with Gasteiger partial charge in [-0.15, -0.1) is 11.8 Å². The van der Waals surface area contributed by atoms with E-state index in [1.54, 1.807) is 0 Å². The first-order valence-corrected chi connectivity index (χ1v) is 13.6. The number of rotatable bonds is 9. The predicted molar refractivity (Wildman–Crippen MR) is 133 cm³/mol. The lowest BCUT2D eigenvalue weighted by molar-refractivity contribution is -0.893. The Balaban J connectivity index is 1.55. The molecule has 0 bridgehead atoms. The molecule has 1 unspecified atom stereocenters. The molecule has 4 N–H and O–H groups in total. The summed E-state index contributed by atoms with van der Waals surface area (Å²) >= 11 is 8.33. The number of likely N-dealkylation sites (tertiary alicyclic amines) is 1. The SMILES string of the molecule is C[C@H](O/N=C(/C(=O)N[C@@H]1C(=O)N2C(C(=O)[O-])=C(C[N+]3(C)CCCC3)CSC12)c1nc(N)sc1Cl)C(=O)O. The number of nitrogen functional groups attached to an aromatic ring is 1. The number of halogens is 1. The molecular weight excluding hydrogens is 548 g/mol. The minimum absolute atomic E-state index is 0.0110.